The maximum Gasteiger partial charge on any atom is 0.313 e. The number of nitrogens with zero attached hydrogens (tertiary/aromatic N) is 3. The molecule has 0 radical (unpaired) electrons. The fraction of sp³-hybridized carbons (Fsp3) is 0.512. The molecular formula is C41H51BrClN3O7. The maximum atomic E-state index is 15.2. The highest BCUT2D eigenvalue weighted by molar-refractivity contribution is 9.09. The largest absolute Gasteiger partial charge is 0.455 e. The number of aliphatic hydroxyl groups excluding tert-OH is 1. The molecule has 0 aromatic heterocycles. The number of fused-ring (bicyclic) bond motifs is 1. The molecule has 1 unspecified atom stereocenters. The number of hydrogen-bond acceptors (Lipinski definition) is 7. The first-order valence-corrected chi connectivity index (χ1v) is 19.6. The molecule has 53 heavy (non-hydrogen) atoms. The molecule has 1 N–H and O–H groups in total. The van der Waals surface area contributed by atoms with Crippen molar-refractivity contribution in [1.82, 2.24) is 9.80 Å². The number of aryl methyl sites for hydroxylation is 1. The fourth-order valence-corrected chi connectivity index (χ4v) is 9.75. The van der Waals surface area contributed by atoms with E-state index < -0.39 is 65.6 Å². The van der Waals surface area contributed by atoms with Crippen LogP contribution in [0, 0.1) is 24.7 Å². The number of aliphatic hydroxyl groups is 1. The second-order valence-electron chi connectivity index (χ2n) is 14.9. The minimum atomic E-state index is -1.42. The van der Waals surface area contributed by atoms with E-state index in [0.29, 0.717) is 29.1 Å². The zero-order valence-corrected chi connectivity index (χ0v) is 33.5. The lowest BCUT2D eigenvalue weighted by atomic mass is 9.70. The third-order valence-electron chi connectivity index (χ3n) is 11.0. The topological polar surface area (TPSA) is 117 Å². The molecule has 3 aliphatic rings. The number of hydrogen-bond donors (Lipinski definition) is 1. The Kier molecular flexibility index (Phi) is 13.0. The summed E-state index contributed by atoms with van der Waals surface area (Å²) in [6, 6.07) is 12.1. The number of carbonyl (C=O) groups is 4. The molecule has 1 spiro atoms. The Labute approximate surface area is 326 Å². The molecule has 3 aliphatic heterocycles. The van der Waals surface area contributed by atoms with Crippen LogP contribution < -0.4 is 4.90 Å². The van der Waals surface area contributed by atoms with Gasteiger partial charge in [-0.15, -0.1) is 13.2 Å². The molecule has 3 amide bonds. The van der Waals surface area contributed by atoms with Crippen molar-refractivity contribution in [3.8, 4) is 0 Å². The zero-order valence-electron chi connectivity index (χ0n) is 31.1. The number of allylic oxidation sites excluding steroid dienone is 1. The first-order chi connectivity index (χ1) is 25.2. The van der Waals surface area contributed by atoms with E-state index >= 15 is 4.79 Å². The van der Waals surface area contributed by atoms with Crippen LogP contribution in [0.15, 0.2) is 73.8 Å². The van der Waals surface area contributed by atoms with Gasteiger partial charge in [0, 0.05) is 24.8 Å². The Hall–Kier alpha value is -3.51. The van der Waals surface area contributed by atoms with Gasteiger partial charge in [-0.25, -0.2) is 0 Å². The first kappa shape index (κ1) is 40.7. The average molecular weight is 813 g/mol. The van der Waals surface area contributed by atoms with E-state index in [1.807, 2.05) is 64.1 Å². The number of para-hydroxylation sites is 1. The van der Waals surface area contributed by atoms with E-state index in [-0.39, 0.29) is 42.6 Å². The first-order valence-electron chi connectivity index (χ1n) is 18.3. The standard InChI is InChI=1S/C41H51BrClN3O7/c1-8-10-19-31(48)44(7)26(6)35(27-16-12-11-13-17-27)52-40(51)32-33-38(49)46(28(23-47)21-24(3)4)37(41(33)22-29(42)36(32)53-41)39(50)45(20-9-2)34-25(5)15-14-18-30(34)43/h8-9,11-18,24,26,28-29,32-33,35-37,47H,1-2,10,19-23H2,3-7H3/t26-,28+,29?,32-,33+,35+,36-,37-,41+/m0/s1. The van der Waals surface area contributed by atoms with Crippen molar-refractivity contribution < 1.29 is 33.8 Å². The van der Waals surface area contributed by atoms with Crippen LogP contribution in [0.1, 0.15) is 63.7 Å². The predicted octanol–water partition coefficient (Wildman–Crippen LogP) is 6.42. The Morgan fingerprint density at radius 3 is 2.43 bits per heavy atom. The predicted molar refractivity (Wildman–Crippen MR) is 209 cm³/mol. The highest BCUT2D eigenvalue weighted by Crippen LogP contribution is 2.61. The van der Waals surface area contributed by atoms with Crippen molar-refractivity contribution in [2.45, 2.75) is 94.1 Å². The van der Waals surface area contributed by atoms with Crippen molar-refractivity contribution in [2.24, 2.45) is 17.8 Å². The van der Waals surface area contributed by atoms with E-state index in [1.54, 1.807) is 36.2 Å². The van der Waals surface area contributed by atoms with Crippen molar-refractivity contribution in [1.29, 1.82) is 0 Å². The SMILES string of the molecule is C=CCCC(=O)N(C)[C@@H](C)[C@@H](OC(=O)[C@@H]1[C@H]2O[C@@]3(CC2Br)[C@H](C(=O)N(CC=C)c2c(C)cccc2Cl)N([C@@H](CO)CC(C)C)C(=O)[C@@H]13)c1ccccc1. The summed E-state index contributed by atoms with van der Waals surface area (Å²) in [5.74, 6) is -3.74. The number of ether oxygens (including phenoxy) is 2. The smallest absolute Gasteiger partial charge is 0.313 e. The highest BCUT2D eigenvalue weighted by Gasteiger charge is 2.77. The van der Waals surface area contributed by atoms with Crippen LogP contribution in [0.5, 0.6) is 0 Å². The molecule has 0 aliphatic carbocycles. The third-order valence-corrected chi connectivity index (χ3v) is 12.1. The van der Waals surface area contributed by atoms with Gasteiger partial charge in [0.25, 0.3) is 5.91 Å². The highest BCUT2D eigenvalue weighted by atomic mass is 79.9. The minimum absolute atomic E-state index is 0.0740. The van der Waals surface area contributed by atoms with Crippen molar-refractivity contribution in [3.63, 3.8) is 0 Å². The van der Waals surface area contributed by atoms with Gasteiger partial charge in [-0.2, -0.15) is 0 Å². The van der Waals surface area contributed by atoms with Gasteiger partial charge in [0.2, 0.25) is 11.8 Å². The minimum Gasteiger partial charge on any atom is -0.455 e. The number of anilines is 1. The molecule has 2 bridgehead atoms. The molecule has 0 saturated carbocycles. The summed E-state index contributed by atoms with van der Waals surface area (Å²) in [5.41, 5.74) is 0.511. The maximum absolute atomic E-state index is 15.2. The molecule has 2 aromatic rings. The van der Waals surface area contributed by atoms with Crippen LogP contribution in [0.25, 0.3) is 0 Å². The quantitative estimate of drug-likeness (QED) is 0.118. The van der Waals surface area contributed by atoms with Gasteiger partial charge < -0.3 is 29.3 Å². The number of rotatable bonds is 16. The molecule has 9 atom stereocenters. The van der Waals surface area contributed by atoms with Gasteiger partial charge in [-0.3, -0.25) is 19.2 Å². The number of amides is 3. The Morgan fingerprint density at radius 2 is 1.83 bits per heavy atom. The molecule has 3 saturated heterocycles. The molecule has 286 valence electrons. The number of halogens is 2. The van der Waals surface area contributed by atoms with E-state index in [2.05, 4.69) is 29.1 Å². The summed E-state index contributed by atoms with van der Waals surface area (Å²) >= 11 is 10.5. The van der Waals surface area contributed by atoms with Gasteiger partial charge >= 0.3 is 5.97 Å². The van der Waals surface area contributed by atoms with Gasteiger partial charge in [-0.1, -0.05) is 96.0 Å². The Bertz CT molecular complexity index is 1690. The summed E-state index contributed by atoms with van der Waals surface area (Å²) in [6.07, 6.45) is 3.08. The fourth-order valence-electron chi connectivity index (χ4n) is 8.49. The van der Waals surface area contributed by atoms with Gasteiger partial charge in [0.15, 0.2) is 0 Å². The second kappa shape index (κ2) is 16.9. The van der Waals surface area contributed by atoms with Crippen molar-refractivity contribution in [2.75, 3.05) is 25.1 Å². The van der Waals surface area contributed by atoms with Crippen LogP contribution >= 0.6 is 27.5 Å². The van der Waals surface area contributed by atoms with Crippen molar-refractivity contribution >= 4 is 56.9 Å². The normalized spacial score (nSPS) is 26.2. The summed E-state index contributed by atoms with van der Waals surface area (Å²) in [5, 5.41) is 11.1. The number of likely N-dealkylation sites (N-methyl/N-ethyl adjacent to an activating group) is 1. The molecule has 5 rings (SSSR count). The molecule has 2 aromatic carbocycles. The Balaban J connectivity index is 1.58. The van der Waals surface area contributed by atoms with E-state index in [1.165, 1.54) is 9.80 Å². The van der Waals surface area contributed by atoms with E-state index in [4.69, 9.17) is 21.1 Å². The van der Waals surface area contributed by atoms with Crippen LogP contribution in [0.2, 0.25) is 5.02 Å². The number of alkyl halides is 1. The molecule has 3 fully saturated rings. The van der Waals surface area contributed by atoms with E-state index in [0.717, 1.165) is 5.56 Å². The second-order valence-corrected chi connectivity index (χ2v) is 16.4. The molecule has 3 heterocycles. The summed E-state index contributed by atoms with van der Waals surface area (Å²) < 4.78 is 13.2. The monoisotopic (exact) mass is 811 g/mol. The number of carbonyl (C=O) groups excluding carboxylic acids is 4. The van der Waals surface area contributed by atoms with Crippen molar-refractivity contribution in [3.05, 3.63) is 90.0 Å². The third kappa shape index (κ3) is 7.59. The lowest BCUT2D eigenvalue weighted by molar-refractivity contribution is -0.165. The summed E-state index contributed by atoms with van der Waals surface area (Å²) in [4.78, 5) is 62.1. The van der Waals surface area contributed by atoms with Gasteiger partial charge in [0.05, 0.1) is 47.3 Å². The van der Waals surface area contributed by atoms with E-state index in [9.17, 15) is 19.5 Å². The van der Waals surface area contributed by atoms with Gasteiger partial charge in [-0.05, 0) is 56.2 Å². The lowest BCUT2D eigenvalue weighted by Crippen LogP contribution is -2.59. The number of likely N-dealkylation sites (tertiary alicyclic amines) is 1. The molecular weight excluding hydrogens is 762 g/mol. The molecule has 10 nitrogen and oxygen atoms in total. The van der Waals surface area contributed by atoms with Gasteiger partial charge in [0.1, 0.15) is 17.7 Å². The number of esters is 1. The number of benzene rings is 2. The Morgan fingerprint density at radius 1 is 1.13 bits per heavy atom. The summed E-state index contributed by atoms with van der Waals surface area (Å²) in [6.45, 7) is 15.0. The van der Waals surface area contributed by atoms with Crippen LogP contribution in [-0.4, -0.2) is 93.5 Å². The van der Waals surface area contributed by atoms with Crippen LogP contribution in [0.3, 0.4) is 0 Å². The molecule has 12 heteroatoms. The summed E-state index contributed by atoms with van der Waals surface area (Å²) in [7, 11) is 1.68. The zero-order chi connectivity index (χ0) is 38.8. The average Bonchev–Trinajstić information content (AvgIpc) is 3.73. The van der Waals surface area contributed by atoms with Crippen LogP contribution in [-0.2, 0) is 28.7 Å². The lowest BCUT2D eigenvalue weighted by Gasteiger charge is -2.40. The van der Waals surface area contributed by atoms with Crippen LogP contribution in [0.4, 0.5) is 5.69 Å².